The molecule has 0 aromatic heterocycles. The van der Waals surface area contributed by atoms with E-state index in [-0.39, 0.29) is 12.2 Å². The molecule has 6 heteroatoms. The van der Waals surface area contributed by atoms with Crippen molar-refractivity contribution in [2.75, 3.05) is 19.8 Å². The first-order valence-electron chi connectivity index (χ1n) is 5.19. The van der Waals surface area contributed by atoms with E-state index in [2.05, 4.69) is 0 Å². The van der Waals surface area contributed by atoms with Gasteiger partial charge >= 0.3 is 0 Å². The maximum atomic E-state index is 13.5. The Kier molecular flexibility index (Phi) is 3.66. The molecule has 0 radical (unpaired) electrons. The molecule has 1 aliphatic rings. The average Bonchev–Trinajstić information content (AvgIpc) is 2.36. The molecule has 1 aromatic rings. The molecule has 1 fully saturated rings. The fourth-order valence-corrected chi connectivity index (χ4v) is 1.71. The standard InChI is InChI=1S/C11H12F3NO2/c12-7-2-1-6(9(13)10(7)14)11(15)8-5-16-3-4-17-8/h1-2,8,11H,3-5,15H2. The van der Waals surface area contributed by atoms with Crippen LogP contribution in [0.1, 0.15) is 11.6 Å². The molecule has 0 saturated carbocycles. The average molecular weight is 247 g/mol. The molecule has 1 aromatic carbocycles. The Balaban J connectivity index is 2.24. The van der Waals surface area contributed by atoms with Gasteiger partial charge in [-0.1, -0.05) is 6.07 Å². The zero-order valence-electron chi connectivity index (χ0n) is 8.96. The summed E-state index contributed by atoms with van der Waals surface area (Å²) in [5.41, 5.74) is 5.64. The third kappa shape index (κ3) is 2.43. The summed E-state index contributed by atoms with van der Waals surface area (Å²) in [6.45, 7) is 1.01. The molecule has 94 valence electrons. The predicted octanol–water partition coefficient (Wildman–Crippen LogP) is 1.52. The Morgan fingerprint density at radius 1 is 1.18 bits per heavy atom. The van der Waals surface area contributed by atoms with Crippen LogP contribution in [0.5, 0.6) is 0 Å². The Morgan fingerprint density at radius 2 is 1.94 bits per heavy atom. The van der Waals surface area contributed by atoms with E-state index in [0.717, 1.165) is 12.1 Å². The van der Waals surface area contributed by atoms with Gasteiger partial charge in [0.25, 0.3) is 0 Å². The van der Waals surface area contributed by atoms with Crippen LogP contribution in [0.4, 0.5) is 13.2 Å². The molecule has 0 spiro atoms. The summed E-state index contributed by atoms with van der Waals surface area (Å²) in [7, 11) is 0. The van der Waals surface area contributed by atoms with Gasteiger partial charge in [-0.15, -0.1) is 0 Å². The zero-order valence-corrected chi connectivity index (χ0v) is 8.96. The second kappa shape index (κ2) is 5.03. The molecule has 2 rings (SSSR count). The minimum Gasteiger partial charge on any atom is -0.376 e. The Hall–Kier alpha value is -1.11. The number of rotatable bonds is 2. The van der Waals surface area contributed by atoms with E-state index < -0.39 is 29.6 Å². The Labute approximate surface area is 96.3 Å². The number of hydrogen-bond acceptors (Lipinski definition) is 3. The van der Waals surface area contributed by atoms with Crippen LogP contribution in [-0.2, 0) is 9.47 Å². The lowest BCUT2D eigenvalue weighted by molar-refractivity contribution is -0.0979. The van der Waals surface area contributed by atoms with Crippen LogP contribution >= 0.6 is 0 Å². The lowest BCUT2D eigenvalue weighted by atomic mass is 10.0. The highest BCUT2D eigenvalue weighted by Gasteiger charge is 2.27. The van der Waals surface area contributed by atoms with Gasteiger partial charge in [0.2, 0.25) is 0 Å². The molecule has 0 aliphatic carbocycles. The van der Waals surface area contributed by atoms with Crippen molar-refractivity contribution in [3.05, 3.63) is 35.1 Å². The highest BCUT2D eigenvalue weighted by Crippen LogP contribution is 2.24. The van der Waals surface area contributed by atoms with Crippen molar-refractivity contribution in [2.45, 2.75) is 12.1 Å². The Bertz CT molecular complexity index is 408. The second-order valence-corrected chi connectivity index (χ2v) is 3.77. The summed E-state index contributed by atoms with van der Waals surface area (Å²) < 4.78 is 49.7. The first kappa shape index (κ1) is 12.3. The summed E-state index contributed by atoms with van der Waals surface area (Å²) in [5.74, 6) is -4.03. The molecule has 1 heterocycles. The fourth-order valence-electron chi connectivity index (χ4n) is 1.71. The third-order valence-corrected chi connectivity index (χ3v) is 2.67. The van der Waals surface area contributed by atoms with Gasteiger partial charge in [0, 0.05) is 5.56 Å². The van der Waals surface area contributed by atoms with Crippen molar-refractivity contribution in [3.8, 4) is 0 Å². The maximum Gasteiger partial charge on any atom is 0.194 e. The van der Waals surface area contributed by atoms with E-state index in [9.17, 15) is 13.2 Å². The van der Waals surface area contributed by atoms with Gasteiger partial charge in [-0.05, 0) is 6.07 Å². The summed E-state index contributed by atoms with van der Waals surface area (Å²) >= 11 is 0. The van der Waals surface area contributed by atoms with Crippen molar-refractivity contribution < 1.29 is 22.6 Å². The molecule has 2 atom stereocenters. The van der Waals surface area contributed by atoms with Crippen molar-refractivity contribution in [2.24, 2.45) is 5.73 Å². The summed E-state index contributed by atoms with van der Waals surface area (Å²) in [5, 5.41) is 0. The number of hydrogen-bond donors (Lipinski definition) is 1. The van der Waals surface area contributed by atoms with Gasteiger partial charge in [0.15, 0.2) is 17.5 Å². The molecule has 1 aliphatic heterocycles. The smallest absolute Gasteiger partial charge is 0.194 e. The molecule has 0 bridgehead atoms. The van der Waals surface area contributed by atoms with Crippen LogP contribution in [0, 0.1) is 17.5 Å². The van der Waals surface area contributed by atoms with Crippen LogP contribution in [0.2, 0.25) is 0 Å². The normalized spacial score (nSPS) is 22.5. The lowest BCUT2D eigenvalue weighted by Crippen LogP contribution is -2.38. The van der Waals surface area contributed by atoms with E-state index in [0.29, 0.717) is 13.2 Å². The molecule has 2 unspecified atom stereocenters. The van der Waals surface area contributed by atoms with Crippen LogP contribution in [0.15, 0.2) is 12.1 Å². The van der Waals surface area contributed by atoms with Gasteiger partial charge in [0.05, 0.1) is 25.9 Å². The van der Waals surface area contributed by atoms with Gasteiger partial charge < -0.3 is 15.2 Å². The zero-order chi connectivity index (χ0) is 12.4. The van der Waals surface area contributed by atoms with Gasteiger partial charge in [0.1, 0.15) is 6.10 Å². The van der Waals surface area contributed by atoms with Crippen molar-refractivity contribution >= 4 is 0 Å². The maximum absolute atomic E-state index is 13.5. The van der Waals surface area contributed by atoms with E-state index in [1.807, 2.05) is 0 Å². The van der Waals surface area contributed by atoms with Gasteiger partial charge in [-0.25, -0.2) is 13.2 Å². The highest BCUT2D eigenvalue weighted by atomic mass is 19.2. The molecule has 3 nitrogen and oxygen atoms in total. The first-order chi connectivity index (χ1) is 8.11. The van der Waals surface area contributed by atoms with Gasteiger partial charge in [-0.2, -0.15) is 0 Å². The fraction of sp³-hybridized carbons (Fsp3) is 0.455. The number of benzene rings is 1. The SMILES string of the molecule is NC(c1ccc(F)c(F)c1F)C1COCCO1. The quantitative estimate of drug-likeness (QED) is 0.806. The molecule has 2 N–H and O–H groups in total. The molecular weight excluding hydrogens is 235 g/mol. The van der Waals surface area contributed by atoms with Crippen molar-refractivity contribution in [3.63, 3.8) is 0 Å². The Morgan fingerprint density at radius 3 is 2.59 bits per heavy atom. The van der Waals surface area contributed by atoms with Crippen LogP contribution in [-0.4, -0.2) is 25.9 Å². The van der Waals surface area contributed by atoms with E-state index in [4.69, 9.17) is 15.2 Å². The molecule has 17 heavy (non-hydrogen) atoms. The van der Waals surface area contributed by atoms with E-state index in [1.165, 1.54) is 0 Å². The third-order valence-electron chi connectivity index (χ3n) is 2.67. The number of nitrogens with two attached hydrogens (primary N) is 1. The minimum absolute atomic E-state index is 0.112. The van der Waals surface area contributed by atoms with Gasteiger partial charge in [-0.3, -0.25) is 0 Å². The largest absolute Gasteiger partial charge is 0.376 e. The first-order valence-corrected chi connectivity index (χ1v) is 5.19. The van der Waals surface area contributed by atoms with Crippen LogP contribution in [0.3, 0.4) is 0 Å². The molecular formula is C11H12F3NO2. The topological polar surface area (TPSA) is 44.5 Å². The molecule has 0 amide bonds. The predicted molar refractivity (Wildman–Crippen MR) is 53.8 cm³/mol. The van der Waals surface area contributed by atoms with E-state index in [1.54, 1.807) is 0 Å². The van der Waals surface area contributed by atoms with Crippen molar-refractivity contribution in [1.82, 2.24) is 0 Å². The van der Waals surface area contributed by atoms with Crippen molar-refractivity contribution in [1.29, 1.82) is 0 Å². The monoisotopic (exact) mass is 247 g/mol. The highest BCUT2D eigenvalue weighted by molar-refractivity contribution is 5.24. The van der Waals surface area contributed by atoms with E-state index >= 15 is 0 Å². The van der Waals surface area contributed by atoms with Crippen LogP contribution in [0.25, 0.3) is 0 Å². The number of ether oxygens (including phenoxy) is 2. The van der Waals surface area contributed by atoms with Crippen LogP contribution < -0.4 is 5.73 Å². The minimum atomic E-state index is -1.52. The lowest BCUT2D eigenvalue weighted by Gasteiger charge is -2.28. The summed E-state index contributed by atoms with van der Waals surface area (Å²) in [6, 6.07) is 1.08. The number of halogens is 3. The summed E-state index contributed by atoms with van der Waals surface area (Å²) in [6.07, 6.45) is -0.553. The second-order valence-electron chi connectivity index (χ2n) is 3.77. The molecule has 1 saturated heterocycles. The summed E-state index contributed by atoms with van der Waals surface area (Å²) in [4.78, 5) is 0.